The zero-order valence-corrected chi connectivity index (χ0v) is 10.0. The van der Waals surface area contributed by atoms with E-state index in [0.29, 0.717) is 5.82 Å². The van der Waals surface area contributed by atoms with E-state index in [2.05, 4.69) is 17.3 Å². The van der Waals surface area contributed by atoms with Gasteiger partial charge in [-0.05, 0) is 12.5 Å². The average Bonchev–Trinajstić information content (AvgIpc) is 2.34. The number of nitrogens with one attached hydrogen (secondary N) is 1. The van der Waals surface area contributed by atoms with Crippen LogP contribution >= 0.6 is 0 Å². The molecule has 5 N–H and O–H groups in total. The number of hydrazine groups is 1. The van der Waals surface area contributed by atoms with Gasteiger partial charge in [-0.3, -0.25) is 4.79 Å². The fraction of sp³-hybridized carbons (Fsp3) is 0.455. The average molecular weight is 237 g/mol. The first-order valence-electron chi connectivity index (χ1n) is 5.63. The second-order valence-electron chi connectivity index (χ2n) is 3.79. The number of nitrogen functional groups attached to an aromatic ring is 1. The topological polar surface area (TPSA) is 97.3 Å². The number of nitrogens with zero attached hydrogens (tertiary/aromatic N) is 2. The van der Waals surface area contributed by atoms with E-state index in [1.165, 1.54) is 0 Å². The van der Waals surface area contributed by atoms with Gasteiger partial charge in [-0.2, -0.15) is 0 Å². The molecule has 1 heterocycles. The minimum Gasteiger partial charge on any atom is -0.368 e. The van der Waals surface area contributed by atoms with Gasteiger partial charge in [0.25, 0.3) is 0 Å². The van der Waals surface area contributed by atoms with Gasteiger partial charge in [0.1, 0.15) is 5.82 Å². The van der Waals surface area contributed by atoms with E-state index in [-0.39, 0.29) is 12.5 Å². The van der Waals surface area contributed by atoms with Crippen molar-refractivity contribution in [1.29, 1.82) is 0 Å². The van der Waals surface area contributed by atoms with Gasteiger partial charge in [-0.1, -0.05) is 13.3 Å². The Morgan fingerprint density at radius 1 is 1.59 bits per heavy atom. The van der Waals surface area contributed by atoms with Crippen molar-refractivity contribution in [1.82, 2.24) is 4.98 Å². The molecule has 0 atom stereocenters. The third-order valence-corrected chi connectivity index (χ3v) is 2.38. The number of carbonyl (C=O) groups is 1. The van der Waals surface area contributed by atoms with Gasteiger partial charge in [-0.15, -0.1) is 0 Å². The molecule has 0 bridgehead atoms. The maximum Gasteiger partial charge on any atom is 0.236 e. The highest BCUT2D eigenvalue weighted by molar-refractivity contribution is 5.79. The van der Waals surface area contributed by atoms with Gasteiger partial charge in [0, 0.05) is 24.5 Å². The predicted octanol–water partition coefficient (Wildman–Crippen LogP) is 0.459. The van der Waals surface area contributed by atoms with Crippen LogP contribution in [-0.2, 0) is 4.79 Å². The maximum atomic E-state index is 11.0. The molecule has 1 aromatic rings. The first-order chi connectivity index (χ1) is 8.17. The number of pyridine rings is 1. The standard InChI is InChI=1S/C11H19N5O/c1-2-3-6-16(8-10(12)17)9-4-5-14-11(7-9)15-13/h4-5,7H,2-3,6,8,13H2,1H3,(H2,12,17)(H,14,15). The van der Waals surface area contributed by atoms with Crippen LogP contribution in [0.25, 0.3) is 0 Å². The first-order valence-corrected chi connectivity index (χ1v) is 5.63. The summed E-state index contributed by atoms with van der Waals surface area (Å²) >= 11 is 0. The van der Waals surface area contributed by atoms with E-state index < -0.39 is 0 Å². The molecule has 17 heavy (non-hydrogen) atoms. The summed E-state index contributed by atoms with van der Waals surface area (Å²) in [5, 5.41) is 0. The third kappa shape index (κ3) is 4.28. The number of primary amides is 1. The molecule has 94 valence electrons. The van der Waals surface area contributed by atoms with E-state index >= 15 is 0 Å². The quantitative estimate of drug-likeness (QED) is 0.473. The zero-order chi connectivity index (χ0) is 12.7. The molecule has 6 heteroatoms. The summed E-state index contributed by atoms with van der Waals surface area (Å²) in [6.07, 6.45) is 3.70. The Morgan fingerprint density at radius 2 is 2.35 bits per heavy atom. The number of rotatable bonds is 7. The van der Waals surface area contributed by atoms with Crippen molar-refractivity contribution in [2.24, 2.45) is 11.6 Å². The monoisotopic (exact) mass is 237 g/mol. The molecule has 0 aliphatic rings. The number of amides is 1. The Kier molecular flexibility index (Phi) is 5.22. The molecule has 0 aromatic carbocycles. The SMILES string of the molecule is CCCCN(CC(N)=O)c1ccnc(NN)c1. The lowest BCUT2D eigenvalue weighted by molar-refractivity contribution is -0.116. The Balaban J connectivity index is 2.82. The Morgan fingerprint density at radius 3 is 2.94 bits per heavy atom. The van der Waals surface area contributed by atoms with E-state index in [0.717, 1.165) is 25.1 Å². The molecule has 0 aliphatic heterocycles. The van der Waals surface area contributed by atoms with Crippen molar-refractivity contribution < 1.29 is 4.79 Å². The van der Waals surface area contributed by atoms with Crippen LogP contribution in [0.15, 0.2) is 18.3 Å². The molecular weight excluding hydrogens is 218 g/mol. The highest BCUT2D eigenvalue weighted by atomic mass is 16.1. The van der Waals surface area contributed by atoms with E-state index in [1.807, 2.05) is 11.0 Å². The van der Waals surface area contributed by atoms with Gasteiger partial charge in [-0.25, -0.2) is 10.8 Å². The Labute approximate surface area is 101 Å². The summed E-state index contributed by atoms with van der Waals surface area (Å²) in [4.78, 5) is 17.0. The summed E-state index contributed by atoms with van der Waals surface area (Å²) in [5.41, 5.74) is 8.60. The molecule has 1 rings (SSSR count). The third-order valence-electron chi connectivity index (χ3n) is 2.38. The lowest BCUT2D eigenvalue weighted by Gasteiger charge is -2.23. The fourth-order valence-electron chi connectivity index (χ4n) is 1.53. The largest absolute Gasteiger partial charge is 0.368 e. The van der Waals surface area contributed by atoms with Crippen LogP contribution < -0.4 is 21.9 Å². The molecule has 0 spiro atoms. The van der Waals surface area contributed by atoms with Gasteiger partial charge in [0.05, 0.1) is 6.54 Å². The second kappa shape index (κ2) is 6.70. The van der Waals surface area contributed by atoms with Gasteiger partial charge < -0.3 is 16.1 Å². The van der Waals surface area contributed by atoms with Crippen molar-refractivity contribution >= 4 is 17.4 Å². The number of aromatic nitrogens is 1. The van der Waals surface area contributed by atoms with E-state index in [1.54, 1.807) is 12.3 Å². The minimum atomic E-state index is -0.347. The minimum absolute atomic E-state index is 0.202. The van der Waals surface area contributed by atoms with Gasteiger partial charge in [0.2, 0.25) is 5.91 Å². The van der Waals surface area contributed by atoms with Crippen LogP contribution in [0.4, 0.5) is 11.5 Å². The summed E-state index contributed by atoms with van der Waals surface area (Å²) < 4.78 is 0. The summed E-state index contributed by atoms with van der Waals surface area (Å²) in [5.74, 6) is 5.51. The van der Waals surface area contributed by atoms with Crippen molar-refractivity contribution in [3.8, 4) is 0 Å². The predicted molar refractivity (Wildman–Crippen MR) is 68.4 cm³/mol. The highest BCUT2D eigenvalue weighted by Gasteiger charge is 2.09. The van der Waals surface area contributed by atoms with Crippen LogP contribution in [0.3, 0.4) is 0 Å². The van der Waals surface area contributed by atoms with Crippen molar-refractivity contribution in [3.63, 3.8) is 0 Å². The van der Waals surface area contributed by atoms with Gasteiger partial charge in [0.15, 0.2) is 0 Å². The van der Waals surface area contributed by atoms with Crippen molar-refractivity contribution in [3.05, 3.63) is 18.3 Å². The highest BCUT2D eigenvalue weighted by Crippen LogP contribution is 2.17. The number of anilines is 2. The number of unbranched alkanes of at least 4 members (excludes halogenated alkanes) is 1. The summed E-state index contributed by atoms with van der Waals surface area (Å²) in [6, 6.07) is 3.62. The molecule has 0 radical (unpaired) electrons. The van der Waals surface area contributed by atoms with Crippen LogP contribution in [0.2, 0.25) is 0 Å². The molecule has 1 aromatic heterocycles. The van der Waals surface area contributed by atoms with Crippen LogP contribution in [-0.4, -0.2) is 24.0 Å². The zero-order valence-electron chi connectivity index (χ0n) is 10.0. The van der Waals surface area contributed by atoms with Crippen molar-refractivity contribution in [2.45, 2.75) is 19.8 Å². The molecular formula is C11H19N5O. The molecule has 1 amide bonds. The van der Waals surface area contributed by atoms with Crippen molar-refractivity contribution in [2.75, 3.05) is 23.4 Å². The van der Waals surface area contributed by atoms with Gasteiger partial charge >= 0.3 is 0 Å². The lowest BCUT2D eigenvalue weighted by atomic mass is 10.2. The van der Waals surface area contributed by atoms with Crippen LogP contribution in [0.5, 0.6) is 0 Å². The lowest BCUT2D eigenvalue weighted by Crippen LogP contribution is -2.34. The molecule has 0 saturated heterocycles. The number of nitrogens with two attached hydrogens (primary N) is 2. The normalized spacial score (nSPS) is 10.0. The Bertz CT molecular complexity index is 369. The smallest absolute Gasteiger partial charge is 0.236 e. The van der Waals surface area contributed by atoms with Crippen LogP contribution in [0, 0.1) is 0 Å². The second-order valence-corrected chi connectivity index (χ2v) is 3.79. The molecule has 0 aliphatic carbocycles. The molecule has 0 fully saturated rings. The Hall–Kier alpha value is -1.82. The first kappa shape index (κ1) is 13.2. The number of hydrogen-bond donors (Lipinski definition) is 3. The summed E-state index contributed by atoms with van der Waals surface area (Å²) in [7, 11) is 0. The fourth-order valence-corrected chi connectivity index (χ4v) is 1.53. The summed E-state index contributed by atoms with van der Waals surface area (Å²) in [6.45, 7) is 3.09. The number of carbonyl (C=O) groups excluding carboxylic acids is 1. The van der Waals surface area contributed by atoms with E-state index in [4.69, 9.17) is 11.6 Å². The molecule has 6 nitrogen and oxygen atoms in total. The van der Waals surface area contributed by atoms with Crippen LogP contribution in [0.1, 0.15) is 19.8 Å². The molecule has 0 saturated carbocycles. The van der Waals surface area contributed by atoms with E-state index in [9.17, 15) is 4.79 Å². The maximum absolute atomic E-state index is 11.0. The molecule has 0 unspecified atom stereocenters. The number of hydrogen-bond acceptors (Lipinski definition) is 5.